The number of methoxy groups -OCH3 is 1. The molecule has 0 fully saturated rings. The Morgan fingerprint density at radius 1 is 1.14 bits per heavy atom. The predicted octanol–water partition coefficient (Wildman–Crippen LogP) is 4.25. The first-order valence-electron chi connectivity index (χ1n) is 8.35. The minimum Gasteiger partial charge on any atom is -0.497 e. The molecule has 2 aromatic rings. The van der Waals surface area contributed by atoms with Crippen LogP contribution in [-0.2, 0) is 14.8 Å². The van der Waals surface area contributed by atoms with Gasteiger partial charge in [0.25, 0.3) is 15.9 Å². The number of benzene rings is 2. The molecular weight excluding hydrogens is 435 g/mol. The minimum absolute atomic E-state index is 0.0229. The minimum atomic E-state index is -4.21. The molecule has 0 aromatic heterocycles. The number of carbonyl (C=O) groups is 1. The van der Waals surface area contributed by atoms with Gasteiger partial charge in [0, 0.05) is 16.8 Å². The van der Waals surface area contributed by atoms with E-state index in [9.17, 15) is 13.2 Å². The monoisotopic (exact) mass is 450 g/mol. The fourth-order valence-electron chi connectivity index (χ4n) is 2.58. The van der Waals surface area contributed by atoms with Crippen molar-refractivity contribution in [1.82, 2.24) is 4.72 Å². The normalized spacial score (nSPS) is 15.1. The van der Waals surface area contributed by atoms with Gasteiger partial charge >= 0.3 is 0 Å². The molecule has 2 aromatic carbocycles. The zero-order chi connectivity index (χ0) is 21.2. The van der Waals surface area contributed by atoms with E-state index in [-0.39, 0.29) is 15.6 Å². The highest BCUT2D eigenvalue weighted by Crippen LogP contribution is 2.27. The summed E-state index contributed by atoms with van der Waals surface area (Å²) in [7, 11) is -2.82. The Labute approximate surface area is 178 Å². The van der Waals surface area contributed by atoms with Gasteiger partial charge in [0.15, 0.2) is 0 Å². The maximum Gasteiger partial charge on any atom is 0.283 e. The number of hydrogen-bond acceptors (Lipinski definition) is 5. The van der Waals surface area contributed by atoms with Gasteiger partial charge < -0.3 is 4.74 Å². The van der Waals surface area contributed by atoms with E-state index in [1.54, 1.807) is 19.1 Å². The molecule has 1 aliphatic rings. The molecule has 1 amide bonds. The number of aliphatic imine (C=N–C) groups is 1. The number of nitrogens with zero attached hydrogens (tertiary/aromatic N) is 1. The Kier molecular flexibility index (Phi) is 6.12. The maximum atomic E-state index is 12.6. The average Bonchev–Trinajstić information content (AvgIpc) is 3.04. The second-order valence-corrected chi connectivity index (χ2v) is 8.60. The summed E-state index contributed by atoms with van der Waals surface area (Å²) in [5.41, 5.74) is 2.12. The highest BCUT2D eigenvalue weighted by molar-refractivity contribution is 7.90. The van der Waals surface area contributed by atoms with Crippen molar-refractivity contribution in [3.8, 4) is 5.75 Å². The molecule has 0 bridgehead atoms. The van der Waals surface area contributed by atoms with Crippen LogP contribution in [0.2, 0.25) is 10.0 Å². The summed E-state index contributed by atoms with van der Waals surface area (Å²) < 4.78 is 32.2. The summed E-state index contributed by atoms with van der Waals surface area (Å²) in [6.45, 7) is 1.73. The second-order valence-electron chi connectivity index (χ2n) is 6.11. The first-order chi connectivity index (χ1) is 13.7. The summed E-state index contributed by atoms with van der Waals surface area (Å²) in [5, 5.41) is 0.579. The molecule has 0 radical (unpaired) electrons. The fourth-order valence-corrected chi connectivity index (χ4v) is 4.18. The Morgan fingerprint density at radius 2 is 1.83 bits per heavy atom. The van der Waals surface area contributed by atoms with Gasteiger partial charge in [0.2, 0.25) is 0 Å². The third-order valence-electron chi connectivity index (χ3n) is 4.08. The highest BCUT2D eigenvalue weighted by Gasteiger charge is 2.25. The molecule has 0 spiro atoms. The first-order valence-corrected chi connectivity index (χ1v) is 10.6. The number of rotatable bonds is 5. The number of sulfonamides is 1. The number of ether oxygens (including phenoxy) is 1. The van der Waals surface area contributed by atoms with E-state index in [1.807, 2.05) is 22.9 Å². The molecule has 3 rings (SSSR count). The summed E-state index contributed by atoms with van der Waals surface area (Å²) in [5.74, 6) is -0.563. The molecule has 0 saturated carbocycles. The molecule has 0 atom stereocenters. The van der Waals surface area contributed by atoms with Crippen molar-refractivity contribution in [2.75, 3.05) is 7.11 Å². The first kappa shape index (κ1) is 21.1. The van der Waals surface area contributed by atoms with Gasteiger partial charge in [0.1, 0.15) is 16.3 Å². The lowest BCUT2D eigenvalue weighted by Gasteiger charge is -2.09. The molecule has 150 valence electrons. The Balaban J connectivity index is 1.85. The third kappa shape index (κ3) is 4.87. The maximum absolute atomic E-state index is 12.6. The van der Waals surface area contributed by atoms with Gasteiger partial charge in [-0.25, -0.2) is 18.1 Å². The molecule has 0 saturated heterocycles. The van der Waals surface area contributed by atoms with Crippen LogP contribution in [0.15, 0.2) is 69.7 Å². The number of carbonyl (C=O) groups excluding carboxylic acids is 1. The zero-order valence-electron chi connectivity index (χ0n) is 15.4. The van der Waals surface area contributed by atoms with Crippen molar-refractivity contribution in [3.05, 3.63) is 75.4 Å². The SMILES string of the molecule is COc1ccc(Cl)c(S(=O)(=O)NC(=O)C2=CC(=Cc3ccc(Cl)cc3)C(C)=N2)c1. The van der Waals surface area contributed by atoms with Gasteiger partial charge in [-0.05, 0) is 54.5 Å². The Hall–Kier alpha value is -2.61. The molecule has 9 heteroatoms. The largest absolute Gasteiger partial charge is 0.497 e. The number of nitrogens with one attached hydrogen (secondary N) is 1. The van der Waals surface area contributed by atoms with E-state index < -0.39 is 15.9 Å². The molecule has 0 aliphatic carbocycles. The van der Waals surface area contributed by atoms with Crippen LogP contribution >= 0.6 is 23.2 Å². The number of halogens is 2. The van der Waals surface area contributed by atoms with Crippen LogP contribution in [-0.4, -0.2) is 27.1 Å². The molecule has 1 aliphatic heterocycles. The van der Waals surface area contributed by atoms with Gasteiger partial charge in [-0.2, -0.15) is 0 Å². The predicted molar refractivity (Wildman–Crippen MR) is 114 cm³/mol. The van der Waals surface area contributed by atoms with Crippen molar-refractivity contribution < 1.29 is 17.9 Å². The molecule has 6 nitrogen and oxygen atoms in total. The quantitative estimate of drug-likeness (QED) is 0.737. The van der Waals surface area contributed by atoms with Crippen molar-refractivity contribution in [2.45, 2.75) is 11.8 Å². The van der Waals surface area contributed by atoms with E-state index in [2.05, 4.69) is 4.99 Å². The lowest BCUT2D eigenvalue weighted by atomic mass is 10.1. The van der Waals surface area contributed by atoms with Crippen molar-refractivity contribution in [2.24, 2.45) is 4.99 Å². The summed E-state index contributed by atoms with van der Waals surface area (Å²) in [6.07, 6.45) is 3.34. The van der Waals surface area contributed by atoms with Gasteiger partial charge in [-0.3, -0.25) is 4.79 Å². The average molecular weight is 451 g/mol. The van der Waals surface area contributed by atoms with Crippen LogP contribution in [0, 0.1) is 0 Å². The van der Waals surface area contributed by atoms with Gasteiger partial charge in [-0.15, -0.1) is 0 Å². The van der Waals surface area contributed by atoms with Crippen molar-refractivity contribution >= 4 is 50.9 Å². The smallest absolute Gasteiger partial charge is 0.283 e. The van der Waals surface area contributed by atoms with Crippen molar-refractivity contribution in [1.29, 1.82) is 0 Å². The number of allylic oxidation sites excluding steroid dienone is 2. The van der Waals surface area contributed by atoms with Gasteiger partial charge in [-0.1, -0.05) is 35.3 Å². The molecule has 1 heterocycles. The summed E-state index contributed by atoms with van der Waals surface area (Å²) in [4.78, 5) is 16.4. The number of hydrogen-bond donors (Lipinski definition) is 1. The topological polar surface area (TPSA) is 84.8 Å². The molecular formula is C20H16Cl2N2O4S. The van der Waals surface area contributed by atoms with E-state index in [4.69, 9.17) is 27.9 Å². The molecule has 0 unspecified atom stereocenters. The van der Waals surface area contributed by atoms with Gasteiger partial charge in [0.05, 0.1) is 12.1 Å². The lowest BCUT2D eigenvalue weighted by molar-refractivity contribution is -0.115. The van der Waals surface area contributed by atoms with E-state index >= 15 is 0 Å². The highest BCUT2D eigenvalue weighted by atomic mass is 35.5. The zero-order valence-corrected chi connectivity index (χ0v) is 17.8. The van der Waals surface area contributed by atoms with Crippen LogP contribution in [0.25, 0.3) is 6.08 Å². The van der Waals surface area contributed by atoms with E-state index in [1.165, 1.54) is 31.4 Å². The summed E-state index contributed by atoms with van der Waals surface area (Å²) in [6, 6.07) is 11.3. The third-order valence-corrected chi connectivity index (χ3v) is 6.14. The lowest BCUT2D eigenvalue weighted by Crippen LogP contribution is -2.31. The van der Waals surface area contributed by atoms with Crippen LogP contribution < -0.4 is 9.46 Å². The van der Waals surface area contributed by atoms with Crippen LogP contribution in [0.3, 0.4) is 0 Å². The number of amides is 1. The van der Waals surface area contributed by atoms with Crippen LogP contribution in [0.5, 0.6) is 5.75 Å². The molecule has 1 N–H and O–H groups in total. The van der Waals surface area contributed by atoms with Crippen molar-refractivity contribution in [3.63, 3.8) is 0 Å². The standard InChI is InChI=1S/C20H16Cl2N2O4S/c1-12-14(9-13-3-5-15(21)6-4-13)10-18(23-12)20(25)24-29(26,27)19-11-16(28-2)7-8-17(19)22/h3-11H,1-2H3,(H,24,25). The van der Waals surface area contributed by atoms with Crippen LogP contribution in [0.4, 0.5) is 0 Å². The van der Waals surface area contributed by atoms with E-state index in [0.717, 1.165) is 5.56 Å². The Morgan fingerprint density at radius 3 is 2.48 bits per heavy atom. The summed E-state index contributed by atoms with van der Waals surface area (Å²) >= 11 is 11.9. The second kappa shape index (κ2) is 8.41. The Bertz CT molecular complexity index is 1170. The fraction of sp³-hybridized carbons (Fsp3) is 0.100. The van der Waals surface area contributed by atoms with E-state index in [0.29, 0.717) is 22.1 Å². The van der Waals surface area contributed by atoms with Crippen LogP contribution in [0.1, 0.15) is 12.5 Å². The molecule has 29 heavy (non-hydrogen) atoms.